The van der Waals surface area contributed by atoms with Crippen LogP contribution in [0.4, 0.5) is 5.00 Å². The van der Waals surface area contributed by atoms with Crippen LogP contribution in [0.3, 0.4) is 0 Å². The maximum absolute atomic E-state index is 11.6. The fourth-order valence-electron chi connectivity index (χ4n) is 6.38. The van der Waals surface area contributed by atoms with E-state index in [0.29, 0.717) is 27.8 Å². The van der Waals surface area contributed by atoms with E-state index in [-0.39, 0.29) is 41.6 Å². The lowest BCUT2D eigenvalue weighted by Gasteiger charge is -2.39. The number of aromatic carboxylic acids is 1. The molecule has 0 radical (unpaired) electrons. The predicted octanol–water partition coefficient (Wildman–Crippen LogP) is 7.02. The maximum Gasteiger partial charge on any atom is 0.339 e. The molecule has 1 aromatic heterocycles. The van der Waals surface area contributed by atoms with E-state index in [4.69, 9.17) is 4.74 Å². The number of hydrogen-bond donors (Lipinski definition) is 3. The van der Waals surface area contributed by atoms with Crippen LogP contribution < -0.4 is 10.6 Å². The summed E-state index contributed by atoms with van der Waals surface area (Å²) < 4.78 is 4.74. The summed E-state index contributed by atoms with van der Waals surface area (Å²) in [5, 5.41) is 15.6. The van der Waals surface area contributed by atoms with E-state index in [1.807, 2.05) is 0 Å². The Hall–Kier alpha value is -2.42. The Morgan fingerprint density at radius 3 is 1.95 bits per heavy atom. The molecule has 0 spiro atoms. The lowest BCUT2D eigenvalue weighted by Crippen LogP contribution is -2.43. The Labute approximate surface area is 250 Å². The average Bonchev–Trinajstić information content (AvgIpc) is 3.20. The summed E-state index contributed by atoms with van der Waals surface area (Å²) in [5.41, 5.74) is 1.77. The van der Waals surface area contributed by atoms with Crippen molar-refractivity contribution in [3.8, 4) is 0 Å². The second-order valence-corrected chi connectivity index (χ2v) is 15.2. The van der Waals surface area contributed by atoms with Gasteiger partial charge >= 0.3 is 11.9 Å². The van der Waals surface area contributed by atoms with Gasteiger partial charge in [0, 0.05) is 24.8 Å². The monoisotopic (exact) mass is 592 g/mol. The molecule has 1 aromatic rings. The Morgan fingerprint density at radius 2 is 1.51 bits per heavy atom. The molecule has 3 atom stereocenters. The first-order chi connectivity index (χ1) is 18.8. The minimum atomic E-state index is -0.947. The molecule has 2 amide bonds. The van der Waals surface area contributed by atoms with Crippen molar-refractivity contribution in [1.82, 2.24) is 5.32 Å². The third-order valence-electron chi connectivity index (χ3n) is 8.88. The van der Waals surface area contributed by atoms with Crippen molar-refractivity contribution in [2.45, 2.75) is 119 Å². The van der Waals surface area contributed by atoms with Crippen LogP contribution in [0, 0.1) is 28.6 Å². The predicted molar refractivity (Wildman–Crippen MR) is 164 cm³/mol. The zero-order chi connectivity index (χ0) is 31.3. The molecule has 8 nitrogen and oxygen atoms in total. The molecular formula is C32H52N2O6S. The van der Waals surface area contributed by atoms with E-state index in [2.05, 4.69) is 59.1 Å². The average molecular weight is 593 g/mol. The zero-order valence-corrected chi connectivity index (χ0v) is 27.5. The van der Waals surface area contributed by atoms with Crippen LogP contribution in [-0.4, -0.2) is 42.0 Å². The summed E-state index contributed by atoms with van der Waals surface area (Å²) in [7, 11) is 1.39. The molecule has 41 heavy (non-hydrogen) atoms. The van der Waals surface area contributed by atoms with E-state index in [1.165, 1.54) is 45.1 Å². The summed E-state index contributed by atoms with van der Waals surface area (Å²) in [6.45, 7) is 18.6. The second-order valence-electron chi connectivity index (χ2n) is 14.1. The molecule has 0 saturated heterocycles. The van der Waals surface area contributed by atoms with Gasteiger partial charge in [-0.2, -0.15) is 0 Å². The minimum Gasteiger partial charge on any atom is -0.478 e. The molecule has 3 N–H and O–H groups in total. The SMILES string of the molecule is CC(=O)Nc1sc2c(c1C(=O)O)C(C)CC(C(C)(C)C)C2.COC(=O)CC(NC(C)=O)C1CCC(C(C)(C)C)CC1. The quantitative estimate of drug-likeness (QED) is 0.305. The maximum atomic E-state index is 11.6. The summed E-state index contributed by atoms with van der Waals surface area (Å²) in [6, 6.07) is -0.0825. The van der Waals surface area contributed by atoms with Gasteiger partial charge in [-0.3, -0.25) is 14.4 Å². The number of anilines is 1. The molecule has 0 bridgehead atoms. The van der Waals surface area contributed by atoms with Gasteiger partial charge in [-0.1, -0.05) is 48.5 Å². The van der Waals surface area contributed by atoms with Crippen LogP contribution in [0.5, 0.6) is 0 Å². The molecule has 9 heteroatoms. The molecule has 1 heterocycles. The van der Waals surface area contributed by atoms with Crippen molar-refractivity contribution in [1.29, 1.82) is 0 Å². The van der Waals surface area contributed by atoms with E-state index in [0.717, 1.165) is 42.0 Å². The molecular weight excluding hydrogens is 540 g/mol. The van der Waals surface area contributed by atoms with E-state index in [1.54, 1.807) is 0 Å². The van der Waals surface area contributed by atoms with E-state index in [9.17, 15) is 24.3 Å². The molecule has 0 aliphatic heterocycles. The van der Waals surface area contributed by atoms with Gasteiger partial charge < -0.3 is 20.5 Å². The number of carboxylic acid groups (broad SMARTS) is 1. The molecule has 2 aliphatic carbocycles. The van der Waals surface area contributed by atoms with Crippen LogP contribution in [0.2, 0.25) is 0 Å². The number of methoxy groups -OCH3 is 1. The Bertz CT molecular complexity index is 1090. The van der Waals surface area contributed by atoms with Crippen LogP contribution in [0.15, 0.2) is 0 Å². The highest BCUT2D eigenvalue weighted by Crippen LogP contribution is 2.49. The highest BCUT2D eigenvalue weighted by Gasteiger charge is 2.37. The van der Waals surface area contributed by atoms with E-state index >= 15 is 0 Å². The lowest BCUT2D eigenvalue weighted by atomic mass is 9.68. The van der Waals surface area contributed by atoms with Crippen LogP contribution in [0.1, 0.15) is 128 Å². The van der Waals surface area contributed by atoms with Crippen LogP contribution >= 0.6 is 11.3 Å². The second kappa shape index (κ2) is 14.2. The smallest absolute Gasteiger partial charge is 0.339 e. The highest BCUT2D eigenvalue weighted by molar-refractivity contribution is 7.17. The number of hydrogen-bond acceptors (Lipinski definition) is 6. The number of carboxylic acids is 1. The fourth-order valence-corrected chi connectivity index (χ4v) is 7.82. The number of amides is 2. The zero-order valence-electron chi connectivity index (χ0n) is 26.7. The number of carbonyl (C=O) groups is 4. The first-order valence-corrected chi connectivity index (χ1v) is 15.7. The first kappa shape index (κ1) is 34.8. The third kappa shape index (κ3) is 9.83. The number of nitrogens with one attached hydrogen (secondary N) is 2. The Kier molecular flexibility index (Phi) is 12.0. The van der Waals surface area contributed by atoms with Gasteiger partial charge in [-0.15, -0.1) is 11.3 Å². The lowest BCUT2D eigenvalue weighted by molar-refractivity contribution is -0.141. The normalized spacial score (nSPS) is 23.3. The van der Waals surface area contributed by atoms with Crippen LogP contribution in [0.25, 0.3) is 0 Å². The van der Waals surface area contributed by atoms with Crippen molar-refractivity contribution in [3.63, 3.8) is 0 Å². The molecule has 3 unspecified atom stereocenters. The number of carbonyl (C=O) groups excluding carboxylic acids is 3. The summed E-state index contributed by atoms with van der Waals surface area (Å²) in [6.07, 6.45) is 6.66. The third-order valence-corrected chi connectivity index (χ3v) is 10.0. The van der Waals surface area contributed by atoms with Gasteiger partial charge in [0.25, 0.3) is 0 Å². The van der Waals surface area contributed by atoms with Gasteiger partial charge in [0.1, 0.15) is 5.00 Å². The molecule has 1 saturated carbocycles. The summed E-state index contributed by atoms with van der Waals surface area (Å²) in [4.78, 5) is 46.9. The van der Waals surface area contributed by atoms with Crippen molar-refractivity contribution in [2.75, 3.05) is 12.4 Å². The number of ether oxygens (including phenoxy) is 1. The van der Waals surface area contributed by atoms with Gasteiger partial charge in [0.2, 0.25) is 11.8 Å². The minimum absolute atomic E-state index is 0.0724. The van der Waals surface area contributed by atoms with Gasteiger partial charge in [-0.05, 0) is 78.6 Å². The number of rotatable bonds is 6. The molecule has 3 rings (SSSR count). The fraction of sp³-hybridized carbons (Fsp3) is 0.750. The topological polar surface area (TPSA) is 122 Å². The number of fused-ring (bicyclic) bond motifs is 1. The largest absolute Gasteiger partial charge is 0.478 e. The van der Waals surface area contributed by atoms with Crippen molar-refractivity contribution in [2.24, 2.45) is 28.6 Å². The van der Waals surface area contributed by atoms with Crippen molar-refractivity contribution < 1.29 is 29.0 Å². The first-order valence-electron chi connectivity index (χ1n) is 14.8. The van der Waals surface area contributed by atoms with E-state index < -0.39 is 5.97 Å². The van der Waals surface area contributed by atoms with Gasteiger partial charge in [0.15, 0.2) is 0 Å². The molecule has 1 fully saturated rings. The Morgan fingerprint density at radius 1 is 0.951 bits per heavy atom. The Balaban J connectivity index is 0.000000287. The summed E-state index contributed by atoms with van der Waals surface area (Å²) in [5.74, 6) is 0.367. The molecule has 0 aromatic carbocycles. The van der Waals surface area contributed by atoms with Crippen molar-refractivity contribution in [3.05, 3.63) is 16.0 Å². The highest BCUT2D eigenvalue weighted by atomic mass is 32.1. The number of thiophene rings is 1. The summed E-state index contributed by atoms with van der Waals surface area (Å²) >= 11 is 1.43. The van der Waals surface area contributed by atoms with Crippen LogP contribution in [-0.2, 0) is 25.5 Å². The van der Waals surface area contributed by atoms with Gasteiger partial charge in [-0.25, -0.2) is 4.79 Å². The molecule has 232 valence electrons. The van der Waals surface area contributed by atoms with Gasteiger partial charge in [0.05, 0.1) is 19.1 Å². The molecule has 2 aliphatic rings. The van der Waals surface area contributed by atoms with Crippen molar-refractivity contribution >= 4 is 40.1 Å². The standard InChI is InChI=1S/C16H23NO3S.C16H29NO3/c1-8-6-10(16(3,4)5)7-11-12(8)13(15(19)20)14(21-11)17-9(2)18;1-11(18)17-14(10-15(19)20-5)12-6-8-13(9-7-12)16(2,3)4/h8,10H,6-7H2,1-5H3,(H,17,18)(H,19,20);12-14H,6-10H2,1-5H3,(H,17,18). The number of esters is 1.